The van der Waals surface area contributed by atoms with Gasteiger partial charge in [-0.15, -0.1) is 0 Å². The predicted octanol–water partition coefficient (Wildman–Crippen LogP) is 1.53. The summed E-state index contributed by atoms with van der Waals surface area (Å²) in [4.78, 5) is 2.12. The zero-order valence-electron chi connectivity index (χ0n) is 13.1. The molecule has 1 aromatic rings. The largest absolute Gasteiger partial charge is 0.491 e. The van der Waals surface area contributed by atoms with Crippen molar-refractivity contribution >= 4 is 0 Å². The summed E-state index contributed by atoms with van der Waals surface area (Å²) in [7, 11) is 4.08. The van der Waals surface area contributed by atoms with Gasteiger partial charge in [0, 0.05) is 19.1 Å². The summed E-state index contributed by atoms with van der Waals surface area (Å²) < 4.78 is 5.62. The lowest BCUT2D eigenvalue weighted by Gasteiger charge is -2.20. The molecule has 0 aliphatic heterocycles. The Morgan fingerprint density at radius 2 is 2.10 bits per heavy atom. The molecule has 0 fully saturated rings. The highest BCUT2D eigenvalue weighted by atomic mass is 16.5. The van der Waals surface area contributed by atoms with Crippen molar-refractivity contribution in [1.29, 1.82) is 0 Å². The molecule has 1 rings (SSSR count). The van der Waals surface area contributed by atoms with Gasteiger partial charge in [0.1, 0.15) is 18.5 Å². The third-order valence-electron chi connectivity index (χ3n) is 3.09. The molecule has 4 heteroatoms. The van der Waals surface area contributed by atoms with Crippen LogP contribution in [0.4, 0.5) is 0 Å². The summed E-state index contributed by atoms with van der Waals surface area (Å²) in [5.41, 5.74) is 1.25. The van der Waals surface area contributed by atoms with Crippen molar-refractivity contribution in [3.05, 3.63) is 29.8 Å². The maximum atomic E-state index is 9.92. The monoisotopic (exact) mass is 280 g/mol. The molecule has 1 aromatic carbocycles. The van der Waals surface area contributed by atoms with E-state index in [1.807, 2.05) is 32.3 Å². The molecule has 0 saturated carbocycles. The van der Waals surface area contributed by atoms with E-state index in [4.69, 9.17) is 4.74 Å². The van der Waals surface area contributed by atoms with Crippen molar-refractivity contribution < 1.29 is 9.84 Å². The highest BCUT2D eigenvalue weighted by Gasteiger charge is 2.08. The maximum absolute atomic E-state index is 9.92. The fourth-order valence-electron chi connectivity index (χ4n) is 2.06. The summed E-state index contributed by atoms with van der Waals surface area (Å²) in [5, 5.41) is 13.2. The molecule has 0 saturated heterocycles. The molecule has 0 heterocycles. The molecule has 0 aliphatic carbocycles. The molecule has 0 radical (unpaired) electrons. The third kappa shape index (κ3) is 6.89. The molecular formula is C16H28N2O2. The Bertz CT molecular complexity index is 382. The number of aryl methyl sites for hydroxylation is 1. The number of nitrogens with zero attached hydrogens (tertiary/aromatic N) is 1. The lowest BCUT2D eigenvalue weighted by atomic mass is 10.2. The van der Waals surface area contributed by atoms with Gasteiger partial charge in [0.15, 0.2) is 0 Å². The minimum atomic E-state index is -0.495. The number of aliphatic hydroxyl groups excluding tert-OH is 1. The van der Waals surface area contributed by atoms with Crippen molar-refractivity contribution in [2.75, 3.05) is 33.8 Å². The number of rotatable bonds is 9. The SMILES string of the molecule is CCc1cccc(OCC(O)CNC(C)CN(C)C)c1. The van der Waals surface area contributed by atoms with E-state index in [9.17, 15) is 5.11 Å². The molecule has 0 aromatic heterocycles. The average Bonchev–Trinajstić information content (AvgIpc) is 2.42. The fraction of sp³-hybridized carbons (Fsp3) is 0.625. The van der Waals surface area contributed by atoms with E-state index >= 15 is 0 Å². The van der Waals surface area contributed by atoms with Crippen molar-refractivity contribution in [3.63, 3.8) is 0 Å². The van der Waals surface area contributed by atoms with Crippen molar-refractivity contribution in [3.8, 4) is 5.75 Å². The maximum Gasteiger partial charge on any atom is 0.119 e. The van der Waals surface area contributed by atoms with E-state index in [1.54, 1.807) is 0 Å². The Morgan fingerprint density at radius 3 is 2.75 bits per heavy atom. The lowest BCUT2D eigenvalue weighted by molar-refractivity contribution is 0.103. The number of ether oxygens (including phenoxy) is 1. The highest BCUT2D eigenvalue weighted by molar-refractivity contribution is 5.28. The first-order chi connectivity index (χ1) is 9.51. The second kappa shape index (κ2) is 8.95. The van der Waals surface area contributed by atoms with Crippen LogP contribution in [0.2, 0.25) is 0 Å². The second-order valence-electron chi connectivity index (χ2n) is 5.54. The van der Waals surface area contributed by atoms with Gasteiger partial charge in [-0.05, 0) is 45.1 Å². The zero-order valence-corrected chi connectivity index (χ0v) is 13.1. The molecule has 2 atom stereocenters. The topological polar surface area (TPSA) is 44.7 Å². The van der Waals surface area contributed by atoms with Crippen LogP contribution in [0, 0.1) is 0 Å². The van der Waals surface area contributed by atoms with E-state index in [-0.39, 0.29) is 0 Å². The molecule has 2 N–H and O–H groups in total. The molecule has 0 amide bonds. The van der Waals surface area contributed by atoms with Gasteiger partial charge in [0.05, 0.1) is 0 Å². The smallest absolute Gasteiger partial charge is 0.119 e. The number of likely N-dealkylation sites (N-methyl/N-ethyl adjacent to an activating group) is 1. The molecular weight excluding hydrogens is 252 g/mol. The number of hydrogen-bond acceptors (Lipinski definition) is 4. The van der Waals surface area contributed by atoms with Crippen LogP contribution in [0.25, 0.3) is 0 Å². The Morgan fingerprint density at radius 1 is 1.35 bits per heavy atom. The summed E-state index contributed by atoms with van der Waals surface area (Å²) in [6.45, 7) is 6.03. The van der Waals surface area contributed by atoms with Crippen molar-refractivity contribution in [2.45, 2.75) is 32.4 Å². The summed E-state index contributed by atoms with van der Waals surface area (Å²) in [5.74, 6) is 0.824. The van der Waals surface area contributed by atoms with Gasteiger partial charge in [-0.2, -0.15) is 0 Å². The van der Waals surface area contributed by atoms with Gasteiger partial charge >= 0.3 is 0 Å². The molecule has 0 spiro atoms. The van der Waals surface area contributed by atoms with Crippen LogP contribution in [0.5, 0.6) is 5.75 Å². The number of hydrogen-bond donors (Lipinski definition) is 2. The van der Waals surface area contributed by atoms with E-state index in [2.05, 4.69) is 30.1 Å². The van der Waals surface area contributed by atoms with Gasteiger partial charge in [0.25, 0.3) is 0 Å². The summed E-state index contributed by atoms with van der Waals surface area (Å²) >= 11 is 0. The van der Waals surface area contributed by atoms with Crippen LogP contribution in [-0.2, 0) is 6.42 Å². The van der Waals surface area contributed by atoms with E-state index in [0.717, 1.165) is 18.7 Å². The Kier molecular flexibility index (Phi) is 7.59. The van der Waals surface area contributed by atoms with Crippen LogP contribution in [0.1, 0.15) is 19.4 Å². The zero-order chi connectivity index (χ0) is 15.0. The Balaban J connectivity index is 2.27. The molecule has 4 nitrogen and oxygen atoms in total. The molecule has 20 heavy (non-hydrogen) atoms. The van der Waals surface area contributed by atoms with E-state index in [1.165, 1.54) is 5.56 Å². The lowest BCUT2D eigenvalue weighted by Crippen LogP contribution is -2.41. The number of nitrogens with one attached hydrogen (secondary N) is 1. The van der Waals surface area contributed by atoms with Gasteiger partial charge in [-0.3, -0.25) is 0 Å². The van der Waals surface area contributed by atoms with Gasteiger partial charge in [-0.1, -0.05) is 19.1 Å². The molecule has 114 valence electrons. The summed E-state index contributed by atoms with van der Waals surface area (Å²) in [6, 6.07) is 8.36. The summed E-state index contributed by atoms with van der Waals surface area (Å²) in [6.07, 6.45) is 0.494. The minimum absolute atomic E-state index is 0.314. The third-order valence-corrected chi connectivity index (χ3v) is 3.09. The van der Waals surface area contributed by atoms with Crippen LogP contribution in [0.3, 0.4) is 0 Å². The molecule has 0 aliphatic rings. The standard InChI is InChI=1S/C16H28N2O2/c1-5-14-7-6-8-16(9-14)20-12-15(19)10-17-13(2)11-18(3)4/h6-9,13,15,17,19H,5,10-12H2,1-4H3. The average molecular weight is 280 g/mol. The van der Waals surface area contributed by atoms with E-state index < -0.39 is 6.10 Å². The van der Waals surface area contributed by atoms with Crippen molar-refractivity contribution in [2.24, 2.45) is 0 Å². The fourth-order valence-corrected chi connectivity index (χ4v) is 2.06. The van der Waals surface area contributed by atoms with Crippen LogP contribution in [-0.4, -0.2) is 55.9 Å². The first-order valence-corrected chi connectivity index (χ1v) is 7.29. The Hall–Kier alpha value is -1.10. The normalized spacial score (nSPS) is 14.3. The van der Waals surface area contributed by atoms with E-state index in [0.29, 0.717) is 19.2 Å². The number of aliphatic hydroxyl groups is 1. The minimum Gasteiger partial charge on any atom is -0.491 e. The predicted molar refractivity (Wildman–Crippen MR) is 83.3 cm³/mol. The molecule has 0 bridgehead atoms. The highest BCUT2D eigenvalue weighted by Crippen LogP contribution is 2.13. The van der Waals surface area contributed by atoms with Gasteiger partial charge in [0.2, 0.25) is 0 Å². The Labute approximate surface area is 122 Å². The first kappa shape index (κ1) is 17.0. The quantitative estimate of drug-likeness (QED) is 0.720. The van der Waals surface area contributed by atoms with Crippen LogP contribution in [0.15, 0.2) is 24.3 Å². The van der Waals surface area contributed by atoms with Gasteiger partial charge in [-0.25, -0.2) is 0 Å². The van der Waals surface area contributed by atoms with Gasteiger partial charge < -0.3 is 20.1 Å². The van der Waals surface area contributed by atoms with Crippen molar-refractivity contribution in [1.82, 2.24) is 10.2 Å². The van der Waals surface area contributed by atoms with Crippen LogP contribution < -0.4 is 10.1 Å². The first-order valence-electron chi connectivity index (χ1n) is 7.29. The van der Waals surface area contributed by atoms with Crippen LogP contribution >= 0.6 is 0 Å². The second-order valence-corrected chi connectivity index (χ2v) is 5.54. The molecule has 2 unspecified atom stereocenters. The number of benzene rings is 1.